The van der Waals surface area contributed by atoms with Crippen LogP contribution in [-0.4, -0.2) is 50.5 Å². The second-order valence-corrected chi connectivity index (χ2v) is 3.80. The number of phosphoric acid groups is 1. The molecule has 0 saturated heterocycles. The minimum Gasteiger partial charge on any atom is -0.303 e. The average molecular weight is 325 g/mol. The molecule has 0 aliphatic heterocycles. The van der Waals surface area contributed by atoms with Crippen molar-refractivity contribution in [3.05, 3.63) is 0 Å². The SMILES string of the molecule is C.CCl.CF.COP(=O)(O)O.COS(=O)(=O)O. The first-order valence-corrected chi connectivity index (χ1v) is 6.67. The molecular weight excluding hydrogens is 306 g/mol. The van der Waals surface area contributed by atoms with Crippen LogP contribution in [0.5, 0.6) is 0 Å². The van der Waals surface area contributed by atoms with Gasteiger partial charge in [-0.2, -0.15) is 8.42 Å². The Bertz CT molecular complexity index is 253. The molecule has 112 valence electrons. The number of alkyl halides is 2. The number of phosphoric ester groups is 1. The number of halogens is 2. The van der Waals surface area contributed by atoms with Gasteiger partial charge in [0, 0.05) is 13.5 Å². The number of rotatable bonds is 2. The highest BCUT2D eigenvalue weighted by molar-refractivity contribution is 7.80. The lowest BCUT2D eigenvalue weighted by Crippen LogP contribution is -1.96. The van der Waals surface area contributed by atoms with Gasteiger partial charge in [-0.1, -0.05) is 7.43 Å². The van der Waals surface area contributed by atoms with E-state index in [0.29, 0.717) is 7.18 Å². The molecular formula is C5H19ClFO8PS. The largest absolute Gasteiger partial charge is 0.469 e. The third-order valence-corrected chi connectivity index (χ3v) is 1.35. The standard InChI is InChI=1S/CH3Cl.CH3F.CH5O4P.CH4O4S.CH4/c2*1-2;2*1-5-6(2,3)4;/h2*1H3;1H3,(H2,2,3,4);1H3,(H,2,3,4);1H4. The van der Waals surface area contributed by atoms with Gasteiger partial charge in [-0.3, -0.25) is 17.6 Å². The zero-order valence-electron chi connectivity index (χ0n) is 8.99. The van der Waals surface area contributed by atoms with Crippen molar-refractivity contribution < 1.29 is 40.4 Å². The summed E-state index contributed by atoms with van der Waals surface area (Å²) in [5.41, 5.74) is 0. The van der Waals surface area contributed by atoms with Crippen LogP contribution >= 0.6 is 19.4 Å². The summed E-state index contributed by atoms with van der Waals surface area (Å²) in [6.07, 6.45) is 1.47. The molecule has 0 unspecified atom stereocenters. The summed E-state index contributed by atoms with van der Waals surface area (Å²) >= 11 is 4.64. The maximum Gasteiger partial charge on any atom is 0.469 e. The van der Waals surface area contributed by atoms with Crippen molar-refractivity contribution in [2.75, 3.05) is 27.8 Å². The minimum atomic E-state index is -4.16. The van der Waals surface area contributed by atoms with E-state index in [4.69, 9.17) is 14.3 Å². The predicted molar refractivity (Wildman–Crippen MR) is 63.2 cm³/mol. The van der Waals surface area contributed by atoms with E-state index in [0.717, 1.165) is 14.2 Å². The van der Waals surface area contributed by atoms with Gasteiger partial charge in [-0.05, 0) is 0 Å². The molecule has 0 aromatic heterocycles. The van der Waals surface area contributed by atoms with E-state index in [1.54, 1.807) is 0 Å². The number of hydrogen-bond donors (Lipinski definition) is 3. The molecule has 0 saturated carbocycles. The fraction of sp³-hybridized carbons (Fsp3) is 1.00. The number of hydrogen-bond acceptors (Lipinski definition) is 5. The van der Waals surface area contributed by atoms with Crippen molar-refractivity contribution in [1.82, 2.24) is 0 Å². The van der Waals surface area contributed by atoms with Crippen molar-refractivity contribution >= 4 is 29.8 Å². The van der Waals surface area contributed by atoms with Gasteiger partial charge in [0.2, 0.25) is 0 Å². The molecule has 17 heavy (non-hydrogen) atoms. The van der Waals surface area contributed by atoms with Crippen LogP contribution in [0.2, 0.25) is 0 Å². The van der Waals surface area contributed by atoms with Gasteiger partial charge in [-0.25, -0.2) is 4.57 Å². The van der Waals surface area contributed by atoms with Gasteiger partial charge >= 0.3 is 18.2 Å². The average Bonchev–Trinajstić information content (AvgIpc) is 2.23. The van der Waals surface area contributed by atoms with E-state index in [1.807, 2.05) is 0 Å². The van der Waals surface area contributed by atoms with Crippen LogP contribution in [0.4, 0.5) is 4.39 Å². The lowest BCUT2D eigenvalue weighted by Gasteiger charge is -1.93. The Labute approximate surface area is 106 Å². The Morgan fingerprint density at radius 1 is 1.18 bits per heavy atom. The molecule has 0 aromatic carbocycles. The van der Waals surface area contributed by atoms with Gasteiger partial charge in [-0.15, -0.1) is 11.6 Å². The van der Waals surface area contributed by atoms with Crippen LogP contribution in [0.25, 0.3) is 0 Å². The van der Waals surface area contributed by atoms with Gasteiger partial charge in [0.1, 0.15) is 0 Å². The monoisotopic (exact) mass is 324 g/mol. The Balaban J connectivity index is -0.0000000417. The van der Waals surface area contributed by atoms with E-state index in [1.165, 1.54) is 6.38 Å². The summed E-state index contributed by atoms with van der Waals surface area (Å²) in [6.45, 7) is 0. The summed E-state index contributed by atoms with van der Waals surface area (Å²) in [5.74, 6) is 0. The Hall–Kier alpha value is 0.200. The second-order valence-electron chi connectivity index (χ2n) is 1.27. The zero-order valence-corrected chi connectivity index (χ0v) is 11.5. The molecule has 0 radical (unpaired) electrons. The summed E-state index contributed by atoms with van der Waals surface area (Å²) in [6, 6.07) is 0. The molecule has 8 nitrogen and oxygen atoms in total. The Morgan fingerprint density at radius 3 is 1.29 bits per heavy atom. The minimum absolute atomic E-state index is 0. The molecule has 0 spiro atoms. The highest BCUT2D eigenvalue weighted by Crippen LogP contribution is 2.33. The van der Waals surface area contributed by atoms with Crippen molar-refractivity contribution in [1.29, 1.82) is 0 Å². The molecule has 0 rings (SSSR count). The maximum atomic E-state index is 9.50. The first kappa shape index (κ1) is 30.3. The molecule has 12 heteroatoms. The molecule has 0 atom stereocenters. The topological polar surface area (TPSA) is 130 Å². The summed E-state index contributed by atoms with van der Waals surface area (Å²) in [4.78, 5) is 15.4. The van der Waals surface area contributed by atoms with Crippen LogP contribution < -0.4 is 0 Å². The first-order chi connectivity index (χ1) is 7.12. The van der Waals surface area contributed by atoms with E-state index in [-0.39, 0.29) is 7.43 Å². The van der Waals surface area contributed by atoms with Crippen molar-refractivity contribution in [3.63, 3.8) is 0 Å². The molecule has 0 bridgehead atoms. The first-order valence-electron chi connectivity index (χ1n) is 3.02. The van der Waals surface area contributed by atoms with Crippen molar-refractivity contribution in [3.8, 4) is 0 Å². The van der Waals surface area contributed by atoms with Crippen LogP contribution in [-0.2, 0) is 23.7 Å². The highest BCUT2D eigenvalue weighted by atomic mass is 35.5. The Morgan fingerprint density at radius 2 is 1.29 bits per heavy atom. The van der Waals surface area contributed by atoms with Gasteiger partial charge in [0.15, 0.2) is 0 Å². The maximum absolute atomic E-state index is 9.50. The molecule has 0 heterocycles. The molecule has 0 aliphatic rings. The Kier molecular flexibility index (Phi) is 33.1. The molecule has 0 aromatic rings. The molecule has 0 aliphatic carbocycles. The van der Waals surface area contributed by atoms with E-state index in [9.17, 15) is 17.4 Å². The van der Waals surface area contributed by atoms with Gasteiger partial charge < -0.3 is 9.79 Å². The van der Waals surface area contributed by atoms with Gasteiger partial charge in [0.05, 0.1) is 14.3 Å². The third-order valence-electron chi connectivity index (χ3n) is 0.448. The third kappa shape index (κ3) is 85.0. The quantitative estimate of drug-likeness (QED) is 0.393. The summed E-state index contributed by atoms with van der Waals surface area (Å²) in [5, 5.41) is 0. The summed E-state index contributed by atoms with van der Waals surface area (Å²) in [7, 11) is -5.99. The lowest BCUT2D eigenvalue weighted by molar-refractivity contribution is 0.235. The zero-order chi connectivity index (χ0) is 14.4. The normalized spacial score (nSPS) is 9.00. The van der Waals surface area contributed by atoms with E-state index >= 15 is 0 Å². The smallest absolute Gasteiger partial charge is 0.303 e. The van der Waals surface area contributed by atoms with Crippen molar-refractivity contribution in [2.45, 2.75) is 7.43 Å². The second kappa shape index (κ2) is 18.6. The van der Waals surface area contributed by atoms with Crippen LogP contribution in [0, 0.1) is 0 Å². The van der Waals surface area contributed by atoms with Crippen molar-refractivity contribution in [2.24, 2.45) is 0 Å². The van der Waals surface area contributed by atoms with Crippen LogP contribution in [0.15, 0.2) is 0 Å². The highest BCUT2D eigenvalue weighted by Gasteiger charge is 2.07. The molecule has 0 amide bonds. The van der Waals surface area contributed by atoms with Crippen LogP contribution in [0.3, 0.4) is 0 Å². The fourth-order valence-corrected chi connectivity index (χ4v) is 0. The molecule has 3 N–H and O–H groups in total. The summed E-state index contributed by atoms with van der Waals surface area (Å²) < 4.78 is 52.3. The van der Waals surface area contributed by atoms with E-state index < -0.39 is 18.2 Å². The lowest BCUT2D eigenvalue weighted by atomic mass is 11.8. The molecule has 0 fully saturated rings. The fourth-order valence-electron chi connectivity index (χ4n) is 0. The van der Waals surface area contributed by atoms with E-state index in [2.05, 4.69) is 20.3 Å². The van der Waals surface area contributed by atoms with Gasteiger partial charge in [0.25, 0.3) is 0 Å². The predicted octanol–water partition coefficient (Wildman–Crippen LogP) is 1.24. The van der Waals surface area contributed by atoms with Crippen LogP contribution in [0.1, 0.15) is 7.43 Å².